The third-order valence-electron chi connectivity index (χ3n) is 1.59. The van der Waals surface area contributed by atoms with Crippen molar-refractivity contribution in [1.82, 2.24) is 0 Å². The van der Waals surface area contributed by atoms with Crippen molar-refractivity contribution in [2.24, 2.45) is 0 Å². The summed E-state index contributed by atoms with van der Waals surface area (Å²) in [5.41, 5.74) is 0.407. The van der Waals surface area contributed by atoms with E-state index in [1.807, 2.05) is 0 Å². The molecule has 0 aliphatic carbocycles. The van der Waals surface area contributed by atoms with E-state index in [2.05, 4.69) is 5.32 Å². The van der Waals surface area contributed by atoms with Gasteiger partial charge in [0.15, 0.2) is 0 Å². The summed E-state index contributed by atoms with van der Waals surface area (Å²) >= 11 is 17.4. The number of carbonyl (C=O) groups excluding carboxylic acids is 1. The number of nitrogens with one attached hydrogen (secondary N) is 1. The largest absolute Gasteiger partial charge is 0.324 e. The van der Waals surface area contributed by atoms with Gasteiger partial charge in [-0.1, -0.05) is 41.7 Å². The van der Waals surface area contributed by atoms with Crippen molar-refractivity contribution >= 4 is 46.4 Å². The Morgan fingerprint density at radius 1 is 1.29 bits per heavy atom. The fourth-order valence-electron chi connectivity index (χ4n) is 0.889. The molecule has 0 saturated heterocycles. The van der Waals surface area contributed by atoms with Crippen LogP contribution in [0.25, 0.3) is 0 Å². The lowest BCUT2D eigenvalue weighted by molar-refractivity contribution is -0.115. The van der Waals surface area contributed by atoms with Crippen molar-refractivity contribution in [3.05, 3.63) is 27.2 Å². The average Bonchev–Trinajstić information content (AvgIpc) is 2.10. The van der Waals surface area contributed by atoms with Crippen LogP contribution < -0.4 is 5.32 Å². The first kappa shape index (κ1) is 11.6. The van der Waals surface area contributed by atoms with Gasteiger partial charge in [0.2, 0.25) is 5.91 Å². The molecule has 0 aromatic heterocycles. The molecule has 1 aromatic carbocycles. The minimum atomic E-state index is -0.142. The quantitative estimate of drug-likeness (QED) is 0.847. The lowest BCUT2D eigenvalue weighted by atomic mass is 10.3. The number of benzene rings is 1. The maximum atomic E-state index is 11.1. The minimum Gasteiger partial charge on any atom is -0.324 e. The first-order valence-corrected chi connectivity index (χ1v) is 5.12. The Bertz CT molecular complexity index is 342. The maximum Gasteiger partial charge on any atom is 0.224 e. The summed E-state index contributed by atoms with van der Waals surface area (Å²) in [6.07, 6.45) is 0.370. The average molecular weight is 253 g/mol. The Labute approximate surface area is 97.1 Å². The summed E-state index contributed by atoms with van der Waals surface area (Å²) in [6.45, 7) is 1.74. The zero-order valence-corrected chi connectivity index (χ0v) is 9.67. The van der Waals surface area contributed by atoms with Crippen molar-refractivity contribution in [3.63, 3.8) is 0 Å². The molecule has 0 fully saturated rings. The highest BCUT2D eigenvalue weighted by Crippen LogP contribution is 2.33. The number of halogens is 3. The SMILES string of the molecule is CCC(=O)Nc1c(Cl)cc(Cl)cc1Cl. The molecule has 2 nitrogen and oxygen atoms in total. The van der Waals surface area contributed by atoms with Gasteiger partial charge in [-0.15, -0.1) is 0 Å². The predicted molar refractivity (Wildman–Crippen MR) is 60.4 cm³/mol. The third kappa shape index (κ3) is 2.77. The molecule has 0 aliphatic rings. The smallest absolute Gasteiger partial charge is 0.224 e. The molecule has 0 heterocycles. The fraction of sp³-hybridized carbons (Fsp3) is 0.222. The monoisotopic (exact) mass is 251 g/mol. The van der Waals surface area contributed by atoms with Crippen LogP contribution in [0.1, 0.15) is 13.3 Å². The summed E-state index contributed by atoms with van der Waals surface area (Å²) in [6, 6.07) is 3.06. The van der Waals surface area contributed by atoms with E-state index in [1.54, 1.807) is 6.92 Å². The first-order valence-electron chi connectivity index (χ1n) is 3.99. The van der Waals surface area contributed by atoms with Crippen LogP contribution in [0.2, 0.25) is 15.1 Å². The van der Waals surface area contributed by atoms with Gasteiger partial charge < -0.3 is 5.32 Å². The summed E-state index contributed by atoms with van der Waals surface area (Å²) in [7, 11) is 0. The molecule has 0 saturated carbocycles. The molecule has 1 amide bonds. The highest BCUT2D eigenvalue weighted by atomic mass is 35.5. The molecule has 0 unspecified atom stereocenters. The molecule has 0 radical (unpaired) electrons. The van der Waals surface area contributed by atoms with Gasteiger partial charge in [0.05, 0.1) is 15.7 Å². The molecule has 1 aromatic rings. The molecule has 14 heavy (non-hydrogen) atoms. The molecular weight excluding hydrogens is 244 g/mol. The van der Waals surface area contributed by atoms with Crippen LogP contribution in [0.15, 0.2) is 12.1 Å². The van der Waals surface area contributed by atoms with E-state index in [1.165, 1.54) is 12.1 Å². The highest BCUT2D eigenvalue weighted by Gasteiger charge is 2.09. The Kier molecular flexibility index (Phi) is 4.05. The van der Waals surface area contributed by atoms with Crippen LogP contribution >= 0.6 is 34.8 Å². The summed E-state index contributed by atoms with van der Waals surface area (Å²) in [4.78, 5) is 11.1. The predicted octanol–water partition coefficient (Wildman–Crippen LogP) is 4.00. The Morgan fingerprint density at radius 2 is 1.79 bits per heavy atom. The number of carbonyl (C=O) groups is 1. The fourth-order valence-corrected chi connectivity index (χ4v) is 1.80. The van der Waals surface area contributed by atoms with Crippen LogP contribution in [0, 0.1) is 0 Å². The number of hydrogen-bond donors (Lipinski definition) is 1. The number of hydrogen-bond acceptors (Lipinski definition) is 1. The van der Waals surface area contributed by atoms with Crippen molar-refractivity contribution in [1.29, 1.82) is 0 Å². The van der Waals surface area contributed by atoms with Gasteiger partial charge in [-0.05, 0) is 12.1 Å². The van der Waals surface area contributed by atoms with Gasteiger partial charge in [-0.3, -0.25) is 4.79 Å². The standard InChI is InChI=1S/C9H8Cl3NO/c1-2-8(14)13-9-6(11)3-5(10)4-7(9)12/h3-4H,2H2,1H3,(H,13,14). The van der Waals surface area contributed by atoms with Crippen molar-refractivity contribution in [2.75, 3.05) is 5.32 Å². The van der Waals surface area contributed by atoms with Gasteiger partial charge >= 0.3 is 0 Å². The minimum absolute atomic E-state index is 0.142. The summed E-state index contributed by atoms with van der Waals surface area (Å²) < 4.78 is 0. The second-order valence-corrected chi connectivity index (χ2v) is 3.90. The van der Waals surface area contributed by atoms with Crippen molar-refractivity contribution in [2.45, 2.75) is 13.3 Å². The van der Waals surface area contributed by atoms with Crippen LogP contribution in [0.3, 0.4) is 0 Å². The van der Waals surface area contributed by atoms with Crippen LogP contribution in [-0.2, 0) is 4.79 Å². The number of anilines is 1. The van der Waals surface area contributed by atoms with E-state index in [-0.39, 0.29) is 5.91 Å². The molecule has 1 rings (SSSR count). The van der Waals surface area contributed by atoms with E-state index < -0.39 is 0 Å². The van der Waals surface area contributed by atoms with Gasteiger partial charge in [-0.25, -0.2) is 0 Å². The van der Waals surface area contributed by atoms with Gasteiger partial charge in [0.1, 0.15) is 0 Å². The van der Waals surface area contributed by atoms with Crippen LogP contribution in [0.4, 0.5) is 5.69 Å². The molecule has 0 atom stereocenters. The lowest BCUT2D eigenvalue weighted by Crippen LogP contribution is -2.10. The van der Waals surface area contributed by atoms with Crippen molar-refractivity contribution in [3.8, 4) is 0 Å². The molecule has 76 valence electrons. The molecule has 0 bridgehead atoms. The number of amides is 1. The van der Waals surface area contributed by atoms with Crippen molar-refractivity contribution < 1.29 is 4.79 Å². The molecular formula is C9H8Cl3NO. The Morgan fingerprint density at radius 3 is 2.21 bits per heavy atom. The molecule has 5 heteroatoms. The zero-order valence-electron chi connectivity index (χ0n) is 7.40. The molecule has 0 spiro atoms. The third-order valence-corrected chi connectivity index (χ3v) is 2.41. The second-order valence-electron chi connectivity index (χ2n) is 2.65. The lowest BCUT2D eigenvalue weighted by Gasteiger charge is -2.08. The second kappa shape index (κ2) is 4.87. The number of rotatable bonds is 2. The van der Waals surface area contributed by atoms with E-state index in [9.17, 15) is 4.79 Å². The van der Waals surface area contributed by atoms with E-state index in [4.69, 9.17) is 34.8 Å². The topological polar surface area (TPSA) is 29.1 Å². The molecule has 1 N–H and O–H groups in total. The first-order chi connectivity index (χ1) is 6.54. The summed E-state index contributed by atoms with van der Waals surface area (Å²) in [5.74, 6) is -0.142. The highest BCUT2D eigenvalue weighted by molar-refractivity contribution is 6.42. The van der Waals surface area contributed by atoms with E-state index in [0.717, 1.165) is 0 Å². The van der Waals surface area contributed by atoms with Crippen LogP contribution in [-0.4, -0.2) is 5.91 Å². The van der Waals surface area contributed by atoms with E-state index in [0.29, 0.717) is 27.2 Å². The van der Waals surface area contributed by atoms with Gasteiger partial charge in [0.25, 0.3) is 0 Å². The normalized spacial score (nSPS) is 10.0. The van der Waals surface area contributed by atoms with Crippen LogP contribution in [0.5, 0.6) is 0 Å². The zero-order chi connectivity index (χ0) is 10.7. The molecule has 0 aliphatic heterocycles. The van der Waals surface area contributed by atoms with E-state index >= 15 is 0 Å². The van der Waals surface area contributed by atoms with Gasteiger partial charge in [0, 0.05) is 11.4 Å². The van der Waals surface area contributed by atoms with Gasteiger partial charge in [-0.2, -0.15) is 0 Å². The Hall–Kier alpha value is -0.440. The Balaban J connectivity index is 3.02. The maximum absolute atomic E-state index is 11.1. The summed E-state index contributed by atoms with van der Waals surface area (Å²) in [5, 5.41) is 3.71.